The van der Waals surface area contributed by atoms with Crippen LogP contribution in [-0.2, 0) is 4.79 Å². The van der Waals surface area contributed by atoms with Crippen molar-refractivity contribution in [3.05, 3.63) is 65.7 Å². The molecule has 1 fully saturated rings. The van der Waals surface area contributed by atoms with Gasteiger partial charge in [-0.2, -0.15) is 5.26 Å². The van der Waals surface area contributed by atoms with Crippen LogP contribution in [0.4, 0.5) is 0 Å². The summed E-state index contributed by atoms with van der Waals surface area (Å²) >= 11 is 0. The summed E-state index contributed by atoms with van der Waals surface area (Å²) in [4.78, 5) is 14.1. The van der Waals surface area contributed by atoms with Gasteiger partial charge in [-0.1, -0.05) is 54.6 Å². The highest BCUT2D eigenvalue weighted by Crippen LogP contribution is 2.20. The molecule has 23 heavy (non-hydrogen) atoms. The van der Waals surface area contributed by atoms with Gasteiger partial charge in [-0.05, 0) is 35.6 Å². The van der Waals surface area contributed by atoms with Crippen molar-refractivity contribution in [3.8, 4) is 17.2 Å². The lowest BCUT2D eigenvalue weighted by Gasteiger charge is -2.14. The maximum absolute atomic E-state index is 12.3. The minimum atomic E-state index is -0.155. The quantitative estimate of drug-likeness (QED) is 0.638. The summed E-state index contributed by atoms with van der Waals surface area (Å²) in [7, 11) is 0. The zero-order valence-electron chi connectivity index (χ0n) is 12.9. The Labute approximate surface area is 136 Å². The second kappa shape index (κ2) is 6.93. The average molecular weight is 302 g/mol. The maximum atomic E-state index is 12.3. The Morgan fingerprint density at radius 3 is 2.17 bits per heavy atom. The van der Waals surface area contributed by atoms with E-state index in [0.717, 1.165) is 42.6 Å². The summed E-state index contributed by atoms with van der Waals surface area (Å²) in [6, 6.07) is 20.1. The van der Waals surface area contributed by atoms with Gasteiger partial charge in [-0.15, -0.1) is 0 Å². The van der Waals surface area contributed by atoms with Crippen molar-refractivity contribution in [1.29, 1.82) is 5.26 Å². The number of nitriles is 1. The monoisotopic (exact) mass is 302 g/mol. The number of benzene rings is 2. The van der Waals surface area contributed by atoms with Crippen molar-refractivity contribution in [3.63, 3.8) is 0 Å². The molecule has 3 rings (SSSR count). The summed E-state index contributed by atoms with van der Waals surface area (Å²) < 4.78 is 0. The van der Waals surface area contributed by atoms with Gasteiger partial charge >= 0.3 is 0 Å². The van der Waals surface area contributed by atoms with Crippen molar-refractivity contribution in [2.75, 3.05) is 13.1 Å². The van der Waals surface area contributed by atoms with E-state index in [1.54, 1.807) is 11.0 Å². The highest BCUT2D eigenvalue weighted by molar-refractivity contribution is 6.01. The molecule has 0 atom stereocenters. The van der Waals surface area contributed by atoms with Crippen LogP contribution < -0.4 is 0 Å². The molecule has 0 unspecified atom stereocenters. The van der Waals surface area contributed by atoms with E-state index in [1.807, 2.05) is 48.5 Å². The lowest BCUT2D eigenvalue weighted by atomic mass is 10.0. The summed E-state index contributed by atoms with van der Waals surface area (Å²) in [5.41, 5.74) is 3.34. The molecule has 3 nitrogen and oxygen atoms in total. The van der Waals surface area contributed by atoms with Crippen LogP contribution in [0.1, 0.15) is 18.4 Å². The molecular weight excluding hydrogens is 284 g/mol. The Kier molecular flexibility index (Phi) is 4.54. The Bertz CT molecular complexity index is 748. The van der Waals surface area contributed by atoms with Crippen LogP contribution in [0.2, 0.25) is 0 Å². The van der Waals surface area contributed by atoms with Crippen molar-refractivity contribution >= 4 is 12.0 Å². The predicted molar refractivity (Wildman–Crippen MR) is 91.3 cm³/mol. The van der Waals surface area contributed by atoms with Gasteiger partial charge in [0.15, 0.2) is 0 Å². The van der Waals surface area contributed by atoms with E-state index in [4.69, 9.17) is 0 Å². The standard InChI is InChI=1S/C20H18N2O/c21-15-19(20(23)22-12-4-5-13-22)14-16-8-10-18(11-9-16)17-6-2-1-3-7-17/h1-3,6-11,14H,4-5,12-13H2/b19-14-. The van der Waals surface area contributed by atoms with Gasteiger partial charge in [-0.25, -0.2) is 0 Å². The second-order valence-corrected chi connectivity index (χ2v) is 5.66. The van der Waals surface area contributed by atoms with E-state index < -0.39 is 0 Å². The molecule has 0 aliphatic carbocycles. The fourth-order valence-electron chi connectivity index (χ4n) is 2.80. The van der Waals surface area contributed by atoms with Gasteiger partial charge in [-0.3, -0.25) is 4.79 Å². The maximum Gasteiger partial charge on any atom is 0.264 e. The molecule has 0 bridgehead atoms. The number of hydrogen-bond donors (Lipinski definition) is 0. The molecule has 0 saturated carbocycles. The van der Waals surface area contributed by atoms with Crippen LogP contribution in [0.25, 0.3) is 17.2 Å². The van der Waals surface area contributed by atoms with Gasteiger partial charge in [0.2, 0.25) is 0 Å². The van der Waals surface area contributed by atoms with Gasteiger partial charge in [0, 0.05) is 13.1 Å². The molecule has 1 heterocycles. The summed E-state index contributed by atoms with van der Waals surface area (Å²) in [6.07, 6.45) is 3.72. The normalized spacial score (nSPS) is 14.6. The minimum absolute atomic E-state index is 0.155. The van der Waals surface area contributed by atoms with Gasteiger partial charge in [0.05, 0.1) is 0 Å². The fourth-order valence-corrected chi connectivity index (χ4v) is 2.80. The third kappa shape index (κ3) is 3.49. The number of carbonyl (C=O) groups excluding carboxylic acids is 1. The third-order valence-electron chi connectivity index (χ3n) is 4.07. The Morgan fingerprint density at radius 2 is 1.57 bits per heavy atom. The summed E-state index contributed by atoms with van der Waals surface area (Å²) in [5, 5.41) is 9.28. The number of hydrogen-bond acceptors (Lipinski definition) is 2. The highest BCUT2D eigenvalue weighted by Gasteiger charge is 2.21. The number of carbonyl (C=O) groups is 1. The largest absolute Gasteiger partial charge is 0.338 e. The van der Waals surface area contributed by atoms with E-state index in [1.165, 1.54) is 0 Å². The van der Waals surface area contributed by atoms with Crippen LogP contribution in [0.15, 0.2) is 60.2 Å². The van der Waals surface area contributed by atoms with Crippen LogP contribution in [0, 0.1) is 11.3 Å². The molecule has 1 amide bonds. The number of amides is 1. The van der Waals surface area contributed by atoms with Gasteiger partial charge < -0.3 is 4.90 Å². The zero-order chi connectivity index (χ0) is 16.1. The molecule has 1 aliphatic rings. The van der Waals surface area contributed by atoms with E-state index >= 15 is 0 Å². The second-order valence-electron chi connectivity index (χ2n) is 5.66. The van der Waals surface area contributed by atoms with Crippen molar-refractivity contribution in [2.24, 2.45) is 0 Å². The summed E-state index contributed by atoms with van der Waals surface area (Å²) in [6.45, 7) is 1.51. The van der Waals surface area contributed by atoms with Gasteiger partial charge in [0.25, 0.3) is 5.91 Å². The first-order valence-corrected chi connectivity index (χ1v) is 7.84. The smallest absolute Gasteiger partial charge is 0.264 e. The fraction of sp³-hybridized carbons (Fsp3) is 0.200. The summed E-state index contributed by atoms with van der Waals surface area (Å²) in [5.74, 6) is -0.155. The molecule has 1 saturated heterocycles. The first kappa shape index (κ1) is 15.1. The van der Waals surface area contributed by atoms with E-state index in [-0.39, 0.29) is 11.5 Å². The molecule has 2 aromatic rings. The molecule has 0 N–H and O–H groups in total. The Hall–Kier alpha value is -2.86. The predicted octanol–water partition coefficient (Wildman–Crippen LogP) is 3.88. The van der Waals surface area contributed by atoms with E-state index in [2.05, 4.69) is 12.1 Å². The molecule has 3 heteroatoms. The Morgan fingerprint density at radius 1 is 0.957 bits per heavy atom. The SMILES string of the molecule is N#C/C(=C/c1ccc(-c2ccccc2)cc1)C(=O)N1CCCC1. The van der Waals surface area contributed by atoms with Crippen molar-refractivity contribution in [1.82, 2.24) is 4.90 Å². The Balaban J connectivity index is 1.81. The number of likely N-dealkylation sites (tertiary alicyclic amines) is 1. The minimum Gasteiger partial charge on any atom is -0.338 e. The average Bonchev–Trinajstić information content (AvgIpc) is 3.15. The van der Waals surface area contributed by atoms with E-state index in [9.17, 15) is 10.1 Å². The number of rotatable bonds is 3. The molecule has 0 aromatic heterocycles. The third-order valence-corrected chi connectivity index (χ3v) is 4.07. The van der Waals surface area contributed by atoms with Gasteiger partial charge in [0.1, 0.15) is 11.6 Å². The molecule has 0 spiro atoms. The van der Waals surface area contributed by atoms with Crippen LogP contribution >= 0.6 is 0 Å². The topological polar surface area (TPSA) is 44.1 Å². The molecular formula is C20H18N2O. The molecule has 114 valence electrons. The first-order chi connectivity index (χ1) is 11.3. The lowest BCUT2D eigenvalue weighted by molar-refractivity contribution is -0.125. The van der Waals surface area contributed by atoms with E-state index in [0.29, 0.717) is 0 Å². The molecule has 1 aliphatic heterocycles. The highest BCUT2D eigenvalue weighted by atomic mass is 16.2. The van der Waals surface area contributed by atoms with Crippen molar-refractivity contribution < 1.29 is 4.79 Å². The molecule has 2 aromatic carbocycles. The van der Waals surface area contributed by atoms with Crippen molar-refractivity contribution in [2.45, 2.75) is 12.8 Å². The first-order valence-electron chi connectivity index (χ1n) is 7.84. The molecule has 0 radical (unpaired) electrons. The van der Waals surface area contributed by atoms with Crippen LogP contribution in [0.5, 0.6) is 0 Å². The van der Waals surface area contributed by atoms with Crippen LogP contribution in [-0.4, -0.2) is 23.9 Å². The lowest BCUT2D eigenvalue weighted by Crippen LogP contribution is -2.28. The zero-order valence-corrected chi connectivity index (χ0v) is 12.9. The number of nitrogens with zero attached hydrogens (tertiary/aromatic N) is 2. The van der Waals surface area contributed by atoms with Crippen LogP contribution in [0.3, 0.4) is 0 Å².